The molecule has 0 saturated heterocycles. The summed E-state index contributed by atoms with van der Waals surface area (Å²) in [6.45, 7) is 7.00. The molecule has 1 aliphatic rings. The summed E-state index contributed by atoms with van der Waals surface area (Å²) < 4.78 is 11.9. The molecule has 1 nitrogen and oxygen atoms in total. The summed E-state index contributed by atoms with van der Waals surface area (Å²) in [5.74, 6) is 1.68. The molecule has 0 aliphatic heterocycles. The second kappa shape index (κ2) is 10.9. The average molecular weight is 389 g/mol. The Morgan fingerprint density at radius 2 is 1.85 bits per heavy atom. The van der Waals surface area contributed by atoms with Crippen LogP contribution in [-0.2, 0) is 0 Å². The molecule has 3 heteroatoms. The van der Waals surface area contributed by atoms with E-state index in [4.69, 9.17) is 0 Å². The van der Waals surface area contributed by atoms with Crippen molar-refractivity contribution >= 4 is 12.6 Å². The number of halogens is 1. The van der Waals surface area contributed by atoms with Crippen LogP contribution in [0, 0.1) is 24.6 Å². The van der Waals surface area contributed by atoms with Gasteiger partial charge < -0.3 is 5.11 Å². The lowest BCUT2D eigenvalue weighted by Crippen LogP contribution is -2.25. The lowest BCUT2D eigenvalue weighted by atomic mass is 9.69. The van der Waals surface area contributed by atoms with Crippen LogP contribution in [0.25, 0.3) is 0 Å². The second-order valence-corrected chi connectivity index (χ2v) is 8.50. The summed E-state index contributed by atoms with van der Waals surface area (Å²) in [6, 6.07) is 14.7. The third-order valence-corrected chi connectivity index (χ3v) is 6.10. The predicted octanol–water partition coefficient (Wildman–Crippen LogP) is 6.71. The quantitative estimate of drug-likeness (QED) is 0.557. The number of rotatable bonds is 4. The molecule has 1 N–H and O–H groups in total. The normalized spacial score (nSPS) is 23.3. The molecule has 0 bridgehead atoms. The highest BCUT2D eigenvalue weighted by molar-refractivity contribution is 7.80. The van der Waals surface area contributed by atoms with Crippen LogP contribution < -0.4 is 0 Å². The predicted molar refractivity (Wildman–Crippen MR) is 116 cm³/mol. The van der Waals surface area contributed by atoms with E-state index in [9.17, 15) is 9.50 Å². The van der Waals surface area contributed by atoms with Crippen molar-refractivity contribution in [1.82, 2.24) is 0 Å². The molecule has 0 amide bonds. The first-order valence-corrected chi connectivity index (χ1v) is 10.6. The van der Waals surface area contributed by atoms with Gasteiger partial charge in [0.1, 0.15) is 5.82 Å². The van der Waals surface area contributed by atoms with Crippen LogP contribution in [0.1, 0.15) is 67.4 Å². The maximum absolute atomic E-state index is 11.9. The van der Waals surface area contributed by atoms with E-state index in [1.807, 2.05) is 0 Å². The minimum absolute atomic E-state index is 0.178. The maximum atomic E-state index is 11.9. The molecular formula is C24H33FOS. The Morgan fingerprint density at radius 1 is 1.15 bits per heavy atom. The van der Waals surface area contributed by atoms with Crippen molar-refractivity contribution in [2.24, 2.45) is 11.8 Å². The van der Waals surface area contributed by atoms with Gasteiger partial charge in [-0.1, -0.05) is 49.7 Å². The molecule has 148 valence electrons. The fraction of sp³-hybridized carbons (Fsp3) is 0.500. The number of aryl methyl sites for hydroxylation is 1. The van der Waals surface area contributed by atoms with Crippen molar-refractivity contribution in [3.63, 3.8) is 0 Å². The van der Waals surface area contributed by atoms with Crippen molar-refractivity contribution in [3.8, 4) is 0 Å². The lowest BCUT2D eigenvalue weighted by molar-refractivity contribution is 0.148. The van der Waals surface area contributed by atoms with Gasteiger partial charge in [-0.3, -0.25) is 0 Å². The molecule has 3 rings (SSSR count). The minimum Gasteiger partial charge on any atom is -0.396 e. The molecule has 4 atom stereocenters. The maximum Gasteiger partial charge on any atom is 0.123 e. The molecule has 27 heavy (non-hydrogen) atoms. The summed E-state index contributed by atoms with van der Waals surface area (Å²) in [7, 11) is 0. The van der Waals surface area contributed by atoms with Crippen molar-refractivity contribution in [1.29, 1.82) is 0 Å². The Hall–Kier alpha value is -1.32. The smallest absolute Gasteiger partial charge is 0.123 e. The van der Waals surface area contributed by atoms with Crippen molar-refractivity contribution in [2.45, 2.75) is 57.6 Å². The van der Waals surface area contributed by atoms with E-state index in [1.165, 1.54) is 48.1 Å². The van der Waals surface area contributed by atoms with Gasteiger partial charge in [-0.05, 0) is 79.7 Å². The fourth-order valence-corrected chi connectivity index (χ4v) is 4.25. The summed E-state index contributed by atoms with van der Waals surface area (Å²) in [4.78, 5) is 0. The van der Waals surface area contributed by atoms with Gasteiger partial charge in [-0.15, -0.1) is 0 Å². The third kappa shape index (κ3) is 6.36. The number of aliphatic hydroxyl groups is 1. The van der Waals surface area contributed by atoms with Gasteiger partial charge in [0.15, 0.2) is 0 Å². The van der Waals surface area contributed by atoms with Gasteiger partial charge in [0.25, 0.3) is 0 Å². The first-order chi connectivity index (χ1) is 13.0. The SMILES string of the molecule is CCC1CCC(CO)CC1c1cc(C(C)S)ccc1C.Fc1ccccc1. The largest absolute Gasteiger partial charge is 0.396 e. The summed E-state index contributed by atoms with van der Waals surface area (Å²) >= 11 is 4.57. The topological polar surface area (TPSA) is 20.2 Å². The summed E-state index contributed by atoms with van der Waals surface area (Å²) in [6.07, 6.45) is 4.82. The molecule has 1 aliphatic carbocycles. The molecule has 0 radical (unpaired) electrons. The Balaban J connectivity index is 0.000000313. The number of thiol groups is 1. The van der Waals surface area contributed by atoms with Crippen LogP contribution in [-0.4, -0.2) is 11.7 Å². The van der Waals surface area contributed by atoms with Crippen LogP contribution in [0.5, 0.6) is 0 Å². The van der Waals surface area contributed by atoms with E-state index in [0.29, 0.717) is 18.4 Å². The molecule has 1 saturated carbocycles. The second-order valence-electron chi connectivity index (χ2n) is 7.72. The molecule has 2 aromatic rings. The van der Waals surface area contributed by atoms with Gasteiger partial charge in [0, 0.05) is 11.9 Å². The zero-order valence-corrected chi connectivity index (χ0v) is 17.6. The fourth-order valence-electron chi connectivity index (χ4n) is 4.09. The van der Waals surface area contributed by atoms with E-state index < -0.39 is 0 Å². The Labute approximate surface area is 169 Å². The Morgan fingerprint density at radius 3 is 2.37 bits per heavy atom. The molecular weight excluding hydrogens is 355 g/mol. The Kier molecular flexibility index (Phi) is 8.85. The van der Waals surface area contributed by atoms with Gasteiger partial charge in [0.2, 0.25) is 0 Å². The zero-order chi connectivity index (χ0) is 19.8. The van der Waals surface area contributed by atoms with Gasteiger partial charge in [-0.25, -0.2) is 4.39 Å². The highest BCUT2D eigenvalue weighted by Gasteiger charge is 2.31. The van der Waals surface area contributed by atoms with Crippen LogP contribution in [0.4, 0.5) is 4.39 Å². The standard InChI is InChI=1S/C18H28OS.C6H5F/c1-4-15-8-6-14(11-19)9-18(15)17-10-16(13(3)20)7-5-12(17)2;7-6-4-2-1-3-5-6/h5,7,10,13-15,18-20H,4,6,8-9,11H2,1-3H3;1-5H. The molecule has 0 aromatic heterocycles. The van der Waals surface area contributed by atoms with E-state index >= 15 is 0 Å². The molecule has 0 spiro atoms. The van der Waals surface area contributed by atoms with E-state index in [-0.39, 0.29) is 11.1 Å². The lowest BCUT2D eigenvalue weighted by Gasteiger charge is -2.36. The molecule has 2 aromatic carbocycles. The van der Waals surface area contributed by atoms with E-state index in [2.05, 4.69) is 51.6 Å². The Bertz CT molecular complexity index is 686. The number of aliphatic hydroxyl groups excluding tert-OH is 1. The summed E-state index contributed by atoms with van der Waals surface area (Å²) in [5, 5.41) is 9.80. The number of hydrogen-bond acceptors (Lipinski definition) is 2. The number of benzene rings is 2. The highest BCUT2D eigenvalue weighted by Crippen LogP contribution is 2.43. The van der Waals surface area contributed by atoms with E-state index in [1.54, 1.807) is 18.2 Å². The van der Waals surface area contributed by atoms with Gasteiger partial charge in [-0.2, -0.15) is 12.6 Å². The molecule has 4 unspecified atom stereocenters. The average Bonchev–Trinajstić information content (AvgIpc) is 2.68. The van der Waals surface area contributed by atoms with Crippen molar-refractivity contribution < 1.29 is 9.50 Å². The first-order valence-electron chi connectivity index (χ1n) is 10.1. The zero-order valence-electron chi connectivity index (χ0n) is 16.7. The minimum atomic E-state index is -0.178. The monoisotopic (exact) mass is 388 g/mol. The van der Waals surface area contributed by atoms with Crippen LogP contribution >= 0.6 is 12.6 Å². The highest BCUT2D eigenvalue weighted by atomic mass is 32.1. The molecule has 1 fully saturated rings. The van der Waals surface area contributed by atoms with Gasteiger partial charge in [0.05, 0.1) is 0 Å². The molecule has 0 heterocycles. The van der Waals surface area contributed by atoms with Crippen LogP contribution in [0.2, 0.25) is 0 Å². The van der Waals surface area contributed by atoms with Crippen molar-refractivity contribution in [3.05, 3.63) is 71.0 Å². The van der Waals surface area contributed by atoms with Gasteiger partial charge >= 0.3 is 0 Å². The summed E-state index contributed by atoms with van der Waals surface area (Å²) in [5.41, 5.74) is 4.20. The third-order valence-electron chi connectivity index (χ3n) is 5.80. The first kappa shape index (κ1) is 22.0. The van der Waals surface area contributed by atoms with Crippen LogP contribution in [0.15, 0.2) is 48.5 Å². The number of hydrogen-bond donors (Lipinski definition) is 2. The van der Waals surface area contributed by atoms with Crippen molar-refractivity contribution in [2.75, 3.05) is 6.61 Å². The van der Waals surface area contributed by atoms with Crippen LogP contribution in [0.3, 0.4) is 0 Å². The van der Waals surface area contributed by atoms with E-state index in [0.717, 1.165) is 12.3 Å².